The predicted molar refractivity (Wildman–Crippen MR) is 154 cm³/mol. The normalized spacial score (nSPS) is 13.2. The van der Waals surface area contributed by atoms with E-state index in [0.717, 1.165) is 16.0 Å². The number of aromatic nitrogens is 1. The number of aryl methyl sites for hydroxylation is 1. The summed E-state index contributed by atoms with van der Waals surface area (Å²) in [6, 6.07) is 17.9. The molecule has 0 atom stereocenters. The second-order valence-electron chi connectivity index (χ2n) is 8.87. The summed E-state index contributed by atoms with van der Waals surface area (Å²) in [5, 5.41) is 27.5. The van der Waals surface area contributed by atoms with Gasteiger partial charge < -0.3 is 15.8 Å². The molecule has 0 fully saturated rings. The van der Waals surface area contributed by atoms with Gasteiger partial charge in [0.15, 0.2) is 5.13 Å². The van der Waals surface area contributed by atoms with Gasteiger partial charge in [0.1, 0.15) is 10.7 Å². The highest BCUT2D eigenvalue weighted by molar-refractivity contribution is 7.14. The zero-order valence-corrected chi connectivity index (χ0v) is 22.7. The van der Waals surface area contributed by atoms with Crippen LogP contribution in [0.5, 0.6) is 0 Å². The number of imide groups is 1. The summed E-state index contributed by atoms with van der Waals surface area (Å²) in [5.74, 6) is -1.69. The van der Waals surface area contributed by atoms with Crippen LogP contribution in [0.4, 0.5) is 22.2 Å². The van der Waals surface area contributed by atoms with Crippen molar-refractivity contribution in [1.82, 2.24) is 4.98 Å². The first-order valence-electron chi connectivity index (χ1n) is 11.9. The van der Waals surface area contributed by atoms with Gasteiger partial charge >= 0.3 is 0 Å². The number of carbonyl (C=O) groups excluding carboxylic acids is 3. The van der Waals surface area contributed by atoms with Crippen molar-refractivity contribution < 1.29 is 19.6 Å². The minimum Gasteiger partial charge on any atom is -0.733 e. The molecular weight excluding hydrogens is 554 g/mol. The van der Waals surface area contributed by atoms with Gasteiger partial charge in [-0.15, -0.1) is 11.3 Å². The molecule has 0 saturated carbocycles. The third-order valence-corrected chi connectivity index (χ3v) is 7.43. The molecule has 12 heteroatoms. The van der Waals surface area contributed by atoms with E-state index in [0.29, 0.717) is 27.8 Å². The number of rotatable bonds is 7. The maximum Gasteiger partial charge on any atom is 0.283 e. The van der Waals surface area contributed by atoms with E-state index in [1.807, 2.05) is 19.9 Å². The van der Waals surface area contributed by atoms with E-state index < -0.39 is 17.7 Å². The molecule has 4 aromatic rings. The van der Waals surface area contributed by atoms with E-state index in [-0.39, 0.29) is 27.2 Å². The van der Waals surface area contributed by atoms with Gasteiger partial charge in [0.25, 0.3) is 17.7 Å². The Labute approximate surface area is 237 Å². The predicted octanol–water partition coefficient (Wildman–Crippen LogP) is 5.81. The highest BCUT2D eigenvalue weighted by Gasteiger charge is 2.39. The van der Waals surface area contributed by atoms with Crippen LogP contribution in [0.15, 0.2) is 82.8 Å². The fourth-order valence-electron chi connectivity index (χ4n) is 4.11. The molecule has 1 aliphatic heterocycles. The lowest BCUT2D eigenvalue weighted by Crippen LogP contribution is -2.33. The van der Waals surface area contributed by atoms with Crippen LogP contribution in [-0.2, 0) is 9.59 Å². The molecular formula is C28H21ClN5O5S-. The number of hydrogen-bond donors (Lipinski definition) is 3. The second kappa shape index (κ2) is 10.9. The molecule has 1 aliphatic rings. The van der Waals surface area contributed by atoms with Crippen molar-refractivity contribution in [3.05, 3.63) is 105 Å². The molecule has 0 bridgehead atoms. The molecule has 3 N–H and O–H groups in total. The minimum absolute atomic E-state index is 0.0511. The number of benzene rings is 3. The smallest absolute Gasteiger partial charge is 0.283 e. The van der Waals surface area contributed by atoms with Crippen LogP contribution in [0.1, 0.15) is 21.5 Å². The maximum absolute atomic E-state index is 13.2. The van der Waals surface area contributed by atoms with Gasteiger partial charge in [-0.25, -0.2) is 9.88 Å². The molecule has 10 nitrogen and oxygen atoms in total. The Morgan fingerprint density at radius 3 is 2.58 bits per heavy atom. The number of carbonyl (C=O) groups is 3. The Balaban J connectivity index is 1.31. The topological polar surface area (TPSA) is 138 Å². The lowest BCUT2D eigenvalue weighted by molar-refractivity contribution is -0.120. The van der Waals surface area contributed by atoms with Crippen LogP contribution in [-0.4, -0.2) is 27.9 Å². The molecule has 3 aromatic carbocycles. The van der Waals surface area contributed by atoms with E-state index >= 15 is 0 Å². The van der Waals surface area contributed by atoms with Crippen molar-refractivity contribution in [2.75, 3.05) is 20.8 Å². The third-order valence-electron chi connectivity index (χ3n) is 6.33. The number of hydrogen-bond acceptors (Lipinski definition) is 9. The molecule has 2 heterocycles. The molecule has 5 rings (SSSR count). The summed E-state index contributed by atoms with van der Waals surface area (Å²) < 4.78 is 0. The summed E-state index contributed by atoms with van der Waals surface area (Å²) in [6.45, 7) is 3.71. The van der Waals surface area contributed by atoms with Crippen LogP contribution >= 0.6 is 22.9 Å². The number of halogens is 1. The Morgan fingerprint density at radius 1 is 1.05 bits per heavy atom. The third kappa shape index (κ3) is 5.18. The summed E-state index contributed by atoms with van der Waals surface area (Å²) in [5.41, 5.74) is 3.88. The van der Waals surface area contributed by atoms with Crippen LogP contribution in [0.3, 0.4) is 0 Å². The van der Waals surface area contributed by atoms with Crippen molar-refractivity contribution in [3.8, 4) is 11.3 Å². The molecule has 0 spiro atoms. The summed E-state index contributed by atoms with van der Waals surface area (Å²) in [7, 11) is 0. The van der Waals surface area contributed by atoms with Gasteiger partial charge in [-0.2, -0.15) is 0 Å². The minimum atomic E-state index is -0.635. The average Bonchev–Trinajstić information content (AvgIpc) is 3.49. The summed E-state index contributed by atoms with van der Waals surface area (Å²) >= 11 is 7.47. The fourth-order valence-corrected chi connectivity index (χ4v) is 5.04. The zero-order chi connectivity index (χ0) is 28.6. The quantitative estimate of drug-likeness (QED) is 0.186. The van der Waals surface area contributed by atoms with Gasteiger partial charge in [-0.1, -0.05) is 41.9 Å². The molecule has 202 valence electrons. The van der Waals surface area contributed by atoms with Gasteiger partial charge in [0, 0.05) is 22.2 Å². The monoisotopic (exact) mass is 574 g/mol. The van der Waals surface area contributed by atoms with Gasteiger partial charge in [-0.3, -0.25) is 24.9 Å². The molecule has 0 saturated heterocycles. The van der Waals surface area contributed by atoms with E-state index in [4.69, 9.17) is 16.8 Å². The van der Waals surface area contributed by atoms with Gasteiger partial charge in [-0.05, 0) is 61.4 Å². The molecule has 0 radical (unpaired) electrons. The molecule has 0 unspecified atom stereocenters. The average molecular weight is 575 g/mol. The van der Waals surface area contributed by atoms with Crippen LogP contribution in [0, 0.1) is 19.1 Å². The van der Waals surface area contributed by atoms with E-state index in [1.54, 1.807) is 47.8 Å². The number of nitrogens with one attached hydrogen (secondary N) is 2. The van der Waals surface area contributed by atoms with Crippen molar-refractivity contribution in [2.24, 2.45) is 0 Å². The van der Waals surface area contributed by atoms with E-state index in [1.165, 1.54) is 29.5 Å². The van der Waals surface area contributed by atoms with Gasteiger partial charge in [0.2, 0.25) is 0 Å². The SMILES string of the molecule is Cc1cccc(N2C(=O)C(Cl)=C(Nc3cccc(C(=O)Nc4nc(-c5cccc(N([O-])O)c5)cs4)c3)C2=O)c1C. The van der Waals surface area contributed by atoms with Crippen LogP contribution < -0.4 is 20.8 Å². The van der Waals surface area contributed by atoms with Crippen molar-refractivity contribution in [3.63, 3.8) is 0 Å². The molecule has 40 heavy (non-hydrogen) atoms. The summed E-state index contributed by atoms with van der Waals surface area (Å²) in [4.78, 5) is 44.5. The largest absolute Gasteiger partial charge is 0.733 e. The van der Waals surface area contributed by atoms with Crippen molar-refractivity contribution in [1.29, 1.82) is 0 Å². The lowest BCUT2D eigenvalue weighted by Gasteiger charge is -2.21. The highest BCUT2D eigenvalue weighted by atomic mass is 35.5. The van der Waals surface area contributed by atoms with Crippen LogP contribution in [0.25, 0.3) is 11.3 Å². The first-order valence-corrected chi connectivity index (χ1v) is 13.1. The van der Waals surface area contributed by atoms with Crippen molar-refractivity contribution in [2.45, 2.75) is 13.8 Å². The molecule has 3 amide bonds. The maximum atomic E-state index is 13.2. The highest BCUT2D eigenvalue weighted by Crippen LogP contribution is 2.33. The van der Waals surface area contributed by atoms with Crippen LogP contribution in [0.2, 0.25) is 0 Å². The van der Waals surface area contributed by atoms with E-state index in [9.17, 15) is 19.6 Å². The Hall–Kier alpha value is -4.55. The molecule has 1 aromatic heterocycles. The number of anilines is 4. The van der Waals surface area contributed by atoms with Gasteiger partial charge in [0.05, 0.1) is 17.1 Å². The number of nitrogens with zero attached hydrogens (tertiary/aromatic N) is 3. The first-order chi connectivity index (χ1) is 19.1. The Bertz CT molecular complexity index is 1700. The standard InChI is InChI=1S/C28H21ClN5O5S/c1-15-6-3-11-22(16(15)2)33-26(36)23(29)24(27(33)37)30-19-9-4-8-18(12-19)25(35)32-28-31-21(14-40-28)17-7-5-10-20(13-17)34(38)39/h3-14,30,38H,1-2H3,(H,31,32,35)/q-1. The number of amides is 3. The molecule has 0 aliphatic carbocycles. The second-order valence-corrected chi connectivity index (χ2v) is 10.1. The first kappa shape index (κ1) is 27.0. The number of thiazole rings is 1. The van der Waals surface area contributed by atoms with E-state index in [2.05, 4.69) is 15.6 Å². The fraction of sp³-hybridized carbons (Fsp3) is 0.0714. The van der Waals surface area contributed by atoms with Crippen molar-refractivity contribution >= 4 is 62.9 Å². The Kier molecular flexibility index (Phi) is 7.37. The zero-order valence-electron chi connectivity index (χ0n) is 21.1. The Morgan fingerprint density at radius 2 is 1.80 bits per heavy atom. The lowest BCUT2D eigenvalue weighted by atomic mass is 10.1. The summed E-state index contributed by atoms with van der Waals surface area (Å²) in [6.07, 6.45) is 0.